The Balaban J connectivity index is 1.87. The molecule has 0 bridgehead atoms. The van der Waals surface area contributed by atoms with Crippen molar-refractivity contribution in [1.82, 2.24) is 19.8 Å². The molecular weight excluding hydrogens is 344 g/mol. The second kappa shape index (κ2) is 7.26. The zero-order valence-electron chi connectivity index (χ0n) is 15.7. The molecule has 3 aromatic rings. The van der Waals surface area contributed by atoms with E-state index in [4.69, 9.17) is 4.74 Å². The zero-order chi connectivity index (χ0) is 19.0. The predicted molar refractivity (Wildman–Crippen MR) is 104 cm³/mol. The number of aromatic amines is 1. The Labute approximate surface area is 157 Å². The third-order valence-corrected chi connectivity index (χ3v) is 5.33. The van der Waals surface area contributed by atoms with Crippen molar-refractivity contribution < 1.29 is 14.6 Å². The number of rotatable bonds is 5. The van der Waals surface area contributed by atoms with E-state index in [1.807, 2.05) is 12.1 Å². The summed E-state index contributed by atoms with van der Waals surface area (Å²) in [5, 5.41) is 11.6. The first-order chi connectivity index (χ1) is 13.1. The van der Waals surface area contributed by atoms with Crippen LogP contribution in [0.3, 0.4) is 0 Å². The van der Waals surface area contributed by atoms with Crippen molar-refractivity contribution in [2.45, 2.75) is 13.2 Å². The summed E-state index contributed by atoms with van der Waals surface area (Å²) in [6, 6.07) is 6.20. The van der Waals surface area contributed by atoms with Gasteiger partial charge >= 0.3 is 5.97 Å². The van der Waals surface area contributed by atoms with Gasteiger partial charge in [0.05, 0.1) is 18.3 Å². The minimum Gasteiger partial charge on any atom is -0.477 e. The highest BCUT2D eigenvalue weighted by Gasteiger charge is 2.21. The van der Waals surface area contributed by atoms with Gasteiger partial charge in [-0.2, -0.15) is 0 Å². The van der Waals surface area contributed by atoms with Gasteiger partial charge in [-0.3, -0.25) is 4.90 Å². The maximum atomic E-state index is 11.7. The van der Waals surface area contributed by atoms with Crippen molar-refractivity contribution in [2.24, 2.45) is 0 Å². The molecule has 27 heavy (non-hydrogen) atoms. The molecule has 4 rings (SSSR count). The van der Waals surface area contributed by atoms with E-state index >= 15 is 0 Å². The summed E-state index contributed by atoms with van der Waals surface area (Å²) in [7, 11) is 3.72. The van der Waals surface area contributed by atoms with Crippen LogP contribution in [-0.4, -0.2) is 71.2 Å². The van der Waals surface area contributed by atoms with E-state index in [2.05, 4.69) is 32.9 Å². The lowest BCUT2D eigenvalue weighted by Crippen LogP contribution is -2.43. The number of carboxylic acid groups (broad SMARTS) is 1. The molecule has 0 aliphatic carbocycles. The van der Waals surface area contributed by atoms with E-state index in [9.17, 15) is 9.90 Å². The quantitative estimate of drug-likeness (QED) is 0.719. The molecule has 0 atom stereocenters. The number of pyridine rings is 1. The van der Waals surface area contributed by atoms with Gasteiger partial charge < -0.3 is 19.7 Å². The van der Waals surface area contributed by atoms with Crippen LogP contribution in [0, 0.1) is 0 Å². The molecule has 142 valence electrons. The van der Waals surface area contributed by atoms with E-state index in [-0.39, 0.29) is 12.3 Å². The smallest absolute Gasteiger partial charge is 0.354 e. The van der Waals surface area contributed by atoms with Crippen molar-refractivity contribution in [3.63, 3.8) is 0 Å². The molecule has 2 aromatic heterocycles. The Morgan fingerprint density at radius 2 is 2.00 bits per heavy atom. The lowest BCUT2D eigenvalue weighted by Gasteiger charge is -2.32. The van der Waals surface area contributed by atoms with Crippen LogP contribution in [0.4, 0.5) is 0 Å². The Morgan fingerprint density at radius 1 is 1.22 bits per heavy atom. The van der Waals surface area contributed by atoms with Gasteiger partial charge in [-0.15, -0.1) is 0 Å². The van der Waals surface area contributed by atoms with Crippen LogP contribution in [0.25, 0.3) is 21.8 Å². The lowest BCUT2D eigenvalue weighted by atomic mass is 10.0. The van der Waals surface area contributed by atoms with E-state index in [1.54, 1.807) is 13.3 Å². The number of hydrogen-bond donors (Lipinski definition) is 2. The standard InChI is InChI=1S/C20H24N4O3/c1-23-6-8-24(9-7-23)11-13-4-3-5-15-17(13)18-14(12-27-2)19(20(25)26)21-10-16(18)22-15/h3-5,10,22H,6-9,11-12H2,1-2H3,(H,25,26). The monoisotopic (exact) mass is 368 g/mol. The molecular formula is C20H24N4O3. The molecule has 7 heteroatoms. The molecule has 1 aliphatic heterocycles. The Hall–Kier alpha value is -2.48. The number of carbonyl (C=O) groups is 1. The minimum absolute atomic E-state index is 0.0552. The largest absolute Gasteiger partial charge is 0.477 e. The van der Waals surface area contributed by atoms with E-state index < -0.39 is 5.97 Å². The van der Waals surface area contributed by atoms with Crippen LogP contribution in [0.1, 0.15) is 21.6 Å². The number of nitrogens with zero attached hydrogens (tertiary/aromatic N) is 3. The molecule has 2 N–H and O–H groups in total. The molecule has 0 radical (unpaired) electrons. The summed E-state index contributed by atoms with van der Waals surface area (Å²) in [4.78, 5) is 24.0. The molecule has 3 heterocycles. The SMILES string of the molecule is COCc1c(C(=O)O)ncc2[nH]c3cccc(CN4CCN(C)CC4)c3c12. The zero-order valence-corrected chi connectivity index (χ0v) is 15.7. The van der Waals surface area contributed by atoms with Crippen molar-refractivity contribution in [2.75, 3.05) is 40.3 Å². The Kier molecular flexibility index (Phi) is 4.82. The molecule has 1 aromatic carbocycles. The van der Waals surface area contributed by atoms with Crippen LogP contribution in [0.2, 0.25) is 0 Å². The molecule has 0 spiro atoms. The number of likely N-dealkylation sites (N-methyl/N-ethyl adjacent to an activating group) is 1. The first-order valence-electron chi connectivity index (χ1n) is 9.12. The molecule has 1 aliphatic rings. The average molecular weight is 368 g/mol. The summed E-state index contributed by atoms with van der Waals surface area (Å²) >= 11 is 0. The first-order valence-corrected chi connectivity index (χ1v) is 9.12. The van der Waals surface area contributed by atoms with Gasteiger partial charge in [-0.05, 0) is 18.7 Å². The molecule has 0 amide bonds. The van der Waals surface area contributed by atoms with Crippen LogP contribution >= 0.6 is 0 Å². The number of carboxylic acids is 1. The maximum Gasteiger partial charge on any atom is 0.354 e. The van der Waals surface area contributed by atoms with Crippen LogP contribution in [0.15, 0.2) is 24.4 Å². The average Bonchev–Trinajstić information content (AvgIpc) is 3.04. The number of H-pyrrole nitrogens is 1. The van der Waals surface area contributed by atoms with E-state index in [0.29, 0.717) is 5.56 Å². The van der Waals surface area contributed by atoms with Gasteiger partial charge in [0.25, 0.3) is 0 Å². The number of nitrogens with one attached hydrogen (secondary N) is 1. The molecule has 1 fully saturated rings. The number of fused-ring (bicyclic) bond motifs is 3. The highest BCUT2D eigenvalue weighted by molar-refractivity contribution is 6.12. The van der Waals surface area contributed by atoms with Crippen molar-refractivity contribution in [1.29, 1.82) is 0 Å². The second-order valence-corrected chi connectivity index (χ2v) is 7.16. The second-order valence-electron chi connectivity index (χ2n) is 7.16. The summed E-state index contributed by atoms with van der Waals surface area (Å²) < 4.78 is 5.31. The summed E-state index contributed by atoms with van der Waals surface area (Å²) in [6.07, 6.45) is 1.61. The molecule has 7 nitrogen and oxygen atoms in total. The lowest BCUT2D eigenvalue weighted by molar-refractivity contribution is 0.0685. The first kappa shape index (κ1) is 17.9. The third-order valence-electron chi connectivity index (χ3n) is 5.33. The molecule has 0 saturated carbocycles. The van der Waals surface area contributed by atoms with E-state index in [0.717, 1.165) is 54.5 Å². The number of hydrogen-bond acceptors (Lipinski definition) is 5. The minimum atomic E-state index is -1.03. The Bertz CT molecular complexity index is 990. The number of piperazine rings is 1. The van der Waals surface area contributed by atoms with Crippen molar-refractivity contribution >= 4 is 27.8 Å². The van der Waals surface area contributed by atoms with Gasteiger partial charge in [-0.25, -0.2) is 9.78 Å². The van der Waals surface area contributed by atoms with Crippen molar-refractivity contribution in [3.05, 3.63) is 41.2 Å². The fourth-order valence-electron chi connectivity index (χ4n) is 3.93. The molecule has 1 saturated heterocycles. The predicted octanol–water partition coefficient (Wildman–Crippen LogP) is 2.31. The number of aromatic nitrogens is 2. The molecule has 0 unspecified atom stereocenters. The fourth-order valence-corrected chi connectivity index (χ4v) is 3.93. The summed E-state index contributed by atoms with van der Waals surface area (Å²) in [5.41, 5.74) is 3.72. The maximum absolute atomic E-state index is 11.7. The van der Waals surface area contributed by atoms with Crippen molar-refractivity contribution in [3.8, 4) is 0 Å². The van der Waals surface area contributed by atoms with Gasteiger partial charge in [0, 0.05) is 61.7 Å². The van der Waals surface area contributed by atoms with Gasteiger partial charge in [0.1, 0.15) is 0 Å². The van der Waals surface area contributed by atoms with Crippen LogP contribution in [0.5, 0.6) is 0 Å². The van der Waals surface area contributed by atoms with Crippen LogP contribution in [-0.2, 0) is 17.9 Å². The normalized spacial score (nSPS) is 16.4. The van der Waals surface area contributed by atoms with Gasteiger partial charge in [-0.1, -0.05) is 12.1 Å². The highest BCUT2D eigenvalue weighted by Crippen LogP contribution is 2.33. The number of benzene rings is 1. The summed E-state index contributed by atoms with van der Waals surface area (Å²) in [5.74, 6) is -1.03. The topological polar surface area (TPSA) is 81.7 Å². The van der Waals surface area contributed by atoms with E-state index in [1.165, 1.54) is 5.56 Å². The number of methoxy groups -OCH3 is 1. The summed E-state index contributed by atoms with van der Waals surface area (Å²) in [6.45, 7) is 5.24. The van der Waals surface area contributed by atoms with Crippen LogP contribution < -0.4 is 0 Å². The number of aromatic carboxylic acids is 1. The fraction of sp³-hybridized carbons (Fsp3) is 0.400. The Morgan fingerprint density at radius 3 is 2.70 bits per heavy atom. The van der Waals surface area contributed by atoms with Gasteiger partial charge in [0.15, 0.2) is 5.69 Å². The highest BCUT2D eigenvalue weighted by atomic mass is 16.5. The third kappa shape index (κ3) is 3.29. The number of ether oxygens (including phenoxy) is 1. The van der Waals surface area contributed by atoms with Gasteiger partial charge in [0.2, 0.25) is 0 Å².